The third-order valence-electron chi connectivity index (χ3n) is 3.25. The maximum Gasteiger partial charge on any atom is 0.160 e. The molecule has 0 aromatic heterocycles. The molecule has 1 N–H and O–H groups in total. The minimum absolute atomic E-state index is 0.162. The molecule has 0 saturated carbocycles. The van der Waals surface area contributed by atoms with Gasteiger partial charge >= 0.3 is 0 Å². The number of aliphatic hydroxyl groups is 1. The number of benzene rings is 2. The maximum absolute atomic E-state index is 10.5. The van der Waals surface area contributed by atoms with E-state index in [0.717, 1.165) is 23.8 Å². The molecule has 1 atom stereocenters. The van der Waals surface area contributed by atoms with Gasteiger partial charge in [-0.25, -0.2) is 0 Å². The van der Waals surface area contributed by atoms with Crippen LogP contribution in [0.4, 0.5) is 0 Å². The summed E-state index contributed by atoms with van der Waals surface area (Å²) in [5.41, 5.74) is 0.562. The topological polar surface area (TPSA) is 47.9 Å². The first kappa shape index (κ1) is 9.48. The Bertz CT molecular complexity index is 1020. The Morgan fingerprint density at radius 1 is 1.20 bits per heavy atom. The zero-order valence-corrected chi connectivity index (χ0v) is 14.1. The summed E-state index contributed by atoms with van der Waals surface area (Å²) >= 11 is 0. The van der Waals surface area contributed by atoms with E-state index in [1.807, 2.05) is 0 Å². The van der Waals surface area contributed by atoms with Gasteiger partial charge in [-0.2, -0.15) is 0 Å². The molecule has 136 valence electrons. The van der Waals surface area contributed by atoms with E-state index in [-0.39, 0.29) is 22.8 Å². The molecule has 2 aromatic rings. The van der Waals surface area contributed by atoms with Crippen LogP contribution in [-0.2, 0) is 6.37 Å². The Morgan fingerprint density at radius 2 is 2.08 bits per heavy atom. The predicted molar refractivity (Wildman–Crippen MR) is 99.8 cm³/mol. The third-order valence-corrected chi connectivity index (χ3v) is 3.25. The molecular weight excluding hydrogens is 316 g/mol. The lowest BCUT2D eigenvalue weighted by Gasteiger charge is -2.13. The fourth-order valence-corrected chi connectivity index (χ4v) is 2.03. The van der Waals surface area contributed by atoms with Gasteiger partial charge in [0, 0.05) is 8.22 Å². The number of ether oxygens (including phenoxy) is 3. The molecule has 0 fully saturated rings. The maximum atomic E-state index is 10.5. The summed E-state index contributed by atoms with van der Waals surface area (Å²) in [6.07, 6.45) is -12.8. The van der Waals surface area contributed by atoms with Crippen molar-refractivity contribution < 1.29 is 33.0 Å². The van der Waals surface area contributed by atoms with Crippen LogP contribution in [0.25, 0.3) is 0 Å². The molecule has 0 heterocycles. The molecule has 2 aromatic carbocycles. The molecule has 25 heavy (non-hydrogen) atoms. The summed E-state index contributed by atoms with van der Waals surface area (Å²) in [5.74, 6) is -0.0853. The molecule has 0 aliphatic heterocycles. The molecule has 0 aliphatic rings. The van der Waals surface area contributed by atoms with Gasteiger partial charge in [-0.15, -0.1) is 0 Å². The summed E-state index contributed by atoms with van der Waals surface area (Å²) in [6, 6.07) is 9.93. The molecule has 0 spiro atoms. The second-order valence-corrected chi connectivity index (χ2v) is 5.17. The average molecular weight is 355 g/mol. The van der Waals surface area contributed by atoms with Gasteiger partial charge < -0.3 is 19.3 Å². The Hall–Kier alpha value is -2.20. The number of methoxy groups -OCH3 is 2. The molecule has 2 rings (SSSR count). The van der Waals surface area contributed by atoms with Crippen LogP contribution in [0.1, 0.15) is 44.0 Å². The van der Waals surface area contributed by atoms with E-state index < -0.39 is 45.3 Å². The lowest BCUT2D eigenvalue weighted by molar-refractivity contribution is 0.0976. The summed E-state index contributed by atoms with van der Waals surface area (Å²) in [7, 11) is -1.60. The first-order valence-electron chi connectivity index (χ1n) is 12.6. The van der Waals surface area contributed by atoms with Crippen LogP contribution < -0.4 is 14.2 Å². The van der Waals surface area contributed by atoms with Crippen molar-refractivity contribution in [3.05, 3.63) is 53.6 Å². The van der Waals surface area contributed by atoms with E-state index in [0.29, 0.717) is 0 Å². The monoisotopic (exact) mass is 354 g/mol. The van der Waals surface area contributed by atoms with Crippen molar-refractivity contribution in [2.45, 2.75) is 38.5 Å². The quantitative estimate of drug-likeness (QED) is 0.696. The van der Waals surface area contributed by atoms with Crippen molar-refractivity contribution in [2.24, 2.45) is 0 Å². The third kappa shape index (κ3) is 6.31. The number of hydrogen-bond acceptors (Lipinski definition) is 4. The van der Waals surface area contributed by atoms with Gasteiger partial charge in [0.05, 0.1) is 25.7 Å². The first-order chi connectivity index (χ1) is 15.8. The van der Waals surface area contributed by atoms with Crippen molar-refractivity contribution in [2.75, 3.05) is 20.8 Å². The van der Waals surface area contributed by atoms with Crippen molar-refractivity contribution >= 4 is 0 Å². The minimum Gasteiger partial charge on any atom is -0.493 e. The van der Waals surface area contributed by atoms with Crippen molar-refractivity contribution in [3.8, 4) is 17.2 Å². The minimum atomic E-state index is -2.93. The van der Waals surface area contributed by atoms with Crippen LogP contribution in [0.3, 0.4) is 0 Å². The second-order valence-electron chi connectivity index (χ2n) is 5.17. The Kier molecular flexibility index (Phi) is 3.77. The Morgan fingerprint density at radius 3 is 2.84 bits per heavy atom. The highest BCUT2D eigenvalue weighted by atomic mass is 16.5. The molecule has 0 bridgehead atoms. The second kappa shape index (κ2) is 9.94. The van der Waals surface area contributed by atoms with E-state index in [4.69, 9.17) is 27.9 Å². The van der Waals surface area contributed by atoms with Crippen LogP contribution >= 0.6 is 0 Å². The van der Waals surface area contributed by atoms with Crippen molar-refractivity contribution in [1.82, 2.24) is 0 Å². The summed E-state index contributed by atoms with van der Waals surface area (Å²) < 4.78 is 94.6. The summed E-state index contributed by atoms with van der Waals surface area (Å²) in [4.78, 5) is 0. The van der Waals surface area contributed by atoms with Crippen LogP contribution in [0, 0.1) is 6.92 Å². The number of rotatable bonds is 10. The highest BCUT2D eigenvalue weighted by Crippen LogP contribution is 2.28. The van der Waals surface area contributed by atoms with Gasteiger partial charge in [-0.05, 0) is 61.4 Å². The molecule has 0 saturated heterocycles. The molecule has 1 unspecified atom stereocenters. The van der Waals surface area contributed by atoms with Gasteiger partial charge in [0.15, 0.2) is 11.5 Å². The number of hydrogen-bond donors (Lipinski definition) is 1. The molecule has 0 radical (unpaired) electrons. The van der Waals surface area contributed by atoms with Crippen LogP contribution in [-0.4, -0.2) is 31.9 Å². The lowest BCUT2D eigenvalue weighted by Crippen LogP contribution is -2.17. The lowest BCUT2D eigenvalue weighted by atomic mass is 10.0. The van der Waals surface area contributed by atoms with Crippen molar-refractivity contribution in [1.29, 1.82) is 0 Å². The molecular formula is C21H28O4. The normalized spacial score (nSPS) is 21.2. The highest BCUT2D eigenvalue weighted by Gasteiger charge is 2.07. The van der Waals surface area contributed by atoms with Crippen LogP contribution in [0.5, 0.6) is 17.2 Å². The molecule has 4 nitrogen and oxygen atoms in total. The van der Waals surface area contributed by atoms with E-state index in [1.165, 1.54) is 7.11 Å². The van der Waals surface area contributed by atoms with Gasteiger partial charge in [0.25, 0.3) is 0 Å². The van der Waals surface area contributed by atoms with Gasteiger partial charge in [0.1, 0.15) is 12.4 Å². The van der Waals surface area contributed by atoms with Gasteiger partial charge in [-0.3, -0.25) is 0 Å². The fourth-order valence-electron chi connectivity index (χ4n) is 2.03. The van der Waals surface area contributed by atoms with E-state index >= 15 is 0 Å². The predicted octanol–water partition coefficient (Wildman–Crippen LogP) is 4.16. The van der Waals surface area contributed by atoms with E-state index in [9.17, 15) is 5.11 Å². The van der Waals surface area contributed by atoms with Crippen LogP contribution in [0.2, 0.25) is 0 Å². The summed E-state index contributed by atoms with van der Waals surface area (Å²) in [6.45, 7) is 0.976. The largest absolute Gasteiger partial charge is 0.493 e. The first-order valence-corrected chi connectivity index (χ1v) is 7.61. The van der Waals surface area contributed by atoms with Gasteiger partial charge in [0.2, 0.25) is 0 Å². The smallest absolute Gasteiger partial charge is 0.160 e. The fraction of sp³-hybridized carbons (Fsp3) is 0.429. The molecule has 4 heteroatoms. The van der Waals surface area contributed by atoms with Gasteiger partial charge in [-0.1, -0.05) is 24.6 Å². The number of aryl methyl sites for hydroxylation is 2. The zero-order valence-electron chi connectivity index (χ0n) is 24.1. The standard InChI is InChI=1S/C21H28O4/c1-16-7-6-10-19(13-16)25-15-18(22)9-5-4-8-17-11-12-20(23-2)21(14-17)24-3/h6-7,10-14,18,22H,4-5,8-9,15H2,1-3H3/i2D3,4D2,8D2,9D2,18D. The Balaban J connectivity index is 2.27. The van der Waals surface area contributed by atoms with Crippen molar-refractivity contribution in [3.63, 3.8) is 0 Å². The van der Waals surface area contributed by atoms with E-state index in [1.54, 1.807) is 31.2 Å². The zero-order chi connectivity index (χ0) is 26.9. The summed E-state index contributed by atoms with van der Waals surface area (Å²) in [5, 5.41) is 10.5. The SMILES string of the molecule is [2H]C([2H])([2H])Oc1ccc(C([2H])([2H])C([2H])([2H])CC([2H])([2H])C([2H])(O)COc2cccc(C)c2)cc1OC. The molecule has 0 aliphatic carbocycles. The Labute approximate surface area is 164 Å². The highest BCUT2D eigenvalue weighted by molar-refractivity contribution is 5.42. The molecule has 0 amide bonds. The van der Waals surface area contributed by atoms with Crippen LogP contribution in [0.15, 0.2) is 42.5 Å². The average Bonchev–Trinajstić information content (AvgIpc) is 2.70. The van der Waals surface area contributed by atoms with E-state index in [2.05, 4.69) is 0 Å².